The molecule has 150 valence electrons. The number of esters is 1. The summed E-state index contributed by atoms with van der Waals surface area (Å²) in [5.41, 5.74) is 0. The van der Waals surface area contributed by atoms with E-state index in [0.29, 0.717) is 5.75 Å². The van der Waals surface area contributed by atoms with E-state index in [1.165, 1.54) is 0 Å². The lowest BCUT2D eigenvalue weighted by molar-refractivity contribution is -0.187. The minimum atomic E-state index is -4.55. The van der Waals surface area contributed by atoms with Crippen molar-refractivity contribution in [2.75, 3.05) is 13.2 Å². The first-order valence-corrected chi connectivity index (χ1v) is 9.94. The van der Waals surface area contributed by atoms with Crippen LogP contribution in [0.1, 0.15) is 0 Å². The maximum atomic E-state index is 12.1. The summed E-state index contributed by atoms with van der Waals surface area (Å²) in [6.45, 7) is -2.20. The van der Waals surface area contributed by atoms with Crippen LogP contribution in [0.5, 0.6) is 5.75 Å². The number of carbonyl (C=O) groups excluding carboxylic acids is 1. The second-order valence-electron chi connectivity index (χ2n) is 5.97. The smallest absolute Gasteiger partial charge is 0.422 e. The van der Waals surface area contributed by atoms with Crippen LogP contribution in [0.4, 0.5) is 13.2 Å². The third-order valence-electron chi connectivity index (χ3n) is 3.77. The zero-order chi connectivity index (χ0) is 20.7. The van der Waals surface area contributed by atoms with Gasteiger partial charge in [-0.15, -0.1) is 0 Å². The standard InChI is InChI=1S/C22H18F3O3S/c23-22(24,25)16-28-21(26)15-27-17-11-13-20(14-12-17)29(18-7-3-1-4-8-18)19-9-5-2-6-10-19/h1-14H,15-16H2/q+1. The van der Waals surface area contributed by atoms with Crippen LogP contribution in [-0.2, 0) is 20.4 Å². The van der Waals surface area contributed by atoms with Gasteiger partial charge in [-0.25, -0.2) is 4.79 Å². The molecule has 3 aromatic rings. The number of ether oxygens (including phenoxy) is 2. The van der Waals surface area contributed by atoms with Crippen molar-refractivity contribution in [3.63, 3.8) is 0 Å². The van der Waals surface area contributed by atoms with Crippen molar-refractivity contribution in [3.8, 4) is 5.75 Å². The number of halogens is 3. The second-order valence-corrected chi connectivity index (χ2v) is 7.99. The molecule has 0 aliphatic rings. The Balaban J connectivity index is 1.71. The third kappa shape index (κ3) is 6.29. The Hall–Kier alpha value is -2.93. The molecule has 0 saturated heterocycles. The van der Waals surface area contributed by atoms with Crippen molar-refractivity contribution < 1.29 is 27.4 Å². The first kappa shape index (κ1) is 20.8. The summed E-state index contributed by atoms with van der Waals surface area (Å²) in [4.78, 5) is 14.7. The van der Waals surface area contributed by atoms with E-state index in [-0.39, 0.29) is 10.9 Å². The van der Waals surface area contributed by atoms with Gasteiger partial charge in [-0.2, -0.15) is 13.2 Å². The Labute approximate surface area is 169 Å². The molecule has 0 atom stereocenters. The van der Waals surface area contributed by atoms with Gasteiger partial charge in [-0.1, -0.05) is 36.4 Å². The fourth-order valence-electron chi connectivity index (χ4n) is 2.54. The number of rotatable bonds is 7. The highest BCUT2D eigenvalue weighted by atomic mass is 32.2. The monoisotopic (exact) mass is 419 g/mol. The van der Waals surface area contributed by atoms with Gasteiger partial charge in [0.05, 0.1) is 10.9 Å². The molecule has 0 aliphatic carbocycles. The molecule has 3 rings (SSSR count). The van der Waals surface area contributed by atoms with Gasteiger partial charge in [0, 0.05) is 0 Å². The molecule has 0 saturated carbocycles. The van der Waals surface area contributed by atoms with Crippen molar-refractivity contribution >= 4 is 16.9 Å². The summed E-state index contributed by atoms with van der Waals surface area (Å²) < 4.78 is 45.5. The van der Waals surface area contributed by atoms with Crippen molar-refractivity contribution in [1.29, 1.82) is 0 Å². The second kappa shape index (κ2) is 9.52. The van der Waals surface area contributed by atoms with E-state index < -0.39 is 25.4 Å². The molecule has 0 bridgehead atoms. The topological polar surface area (TPSA) is 35.5 Å². The van der Waals surface area contributed by atoms with Crippen LogP contribution in [0.15, 0.2) is 99.6 Å². The summed E-state index contributed by atoms with van der Waals surface area (Å²) in [5.74, 6) is -0.692. The van der Waals surface area contributed by atoms with E-state index in [9.17, 15) is 18.0 Å². The third-order valence-corrected chi connectivity index (χ3v) is 6.00. The first-order chi connectivity index (χ1) is 13.9. The largest absolute Gasteiger partial charge is 0.482 e. The van der Waals surface area contributed by atoms with Gasteiger partial charge >= 0.3 is 12.1 Å². The predicted molar refractivity (Wildman–Crippen MR) is 104 cm³/mol. The molecule has 0 aromatic heterocycles. The Morgan fingerprint density at radius 1 is 0.759 bits per heavy atom. The van der Waals surface area contributed by atoms with Gasteiger partial charge in [0.2, 0.25) is 0 Å². The summed E-state index contributed by atoms with van der Waals surface area (Å²) in [6.07, 6.45) is -4.55. The molecule has 3 nitrogen and oxygen atoms in total. The van der Waals surface area contributed by atoms with Gasteiger partial charge in [0.15, 0.2) is 27.9 Å². The minimum Gasteiger partial charge on any atom is -0.482 e. The highest BCUT2D eigenvalue weighted by molar-refractivity contribution is 7.97. The van der Waals surface area contributed by atoms with E-state index in [2.05, 4.69) is 29.0 Å². The fourth-order valence-corrected chi connectivity index (χ4v) is 4.62. The van der Waals surface area contributed by atoms with Crippen LogP contribution in [-0.4, -0.2) is 25.4 Å². The predicted octanol–water partition coefficient (Wildman–Crippen LogP) is 5.27. The van der Waals surface area contributed by atoms with Crippen molar-refractivity contribution in [1.82, 2.24) is 0 Å². The van der Waals surface area contributed by atoms with Gasteiger partial charge in [-0.05, 0) is 48.5 Å². The van der Waals surface area contributed by atoms with Crippen molar-refractivity contribution in [2.24, 2.45) is 0 Å². The quantitative estimate of drug-likeness (QED) is 0.387. The summed E-state index contributed by atoms with van der Waals surface area (Å²) in [7, 11) is -0.321. The van der Waals surface area contributed by atoms with Crippen LogP contribution < -0.4 is 4.74 Å². The lowest BCUT2D eigenvalue weighted by Gasteiger charge is -2.10. The maximum absolute atomic E-state index is 12.1. The van der Waals surface area contributed by atoms with Gasteiger partial charge in [0.25, 0.3) is 0 Å². The lowest BCUT2D eigenvalue weighted by Crippen LogP contribution is -2.23. The normalized spacial score (nSPS) is 11.3. The van der Waals surface area contributed by atoms with Crippen molar-refractivity contribution in [2.45, 2.75) is 20.9 Å². The molecular weight excluding hydrogens is 401 g/mol. The Kier molecular flexibility index (Phi) is 6.82. The molecule has 0 amide bonds. The van der Waals surface area contributed by atoms with E-state index in [1.807, 2.05) is 48.5 Å². The molecule has 0 aliphatic heterocycles. The first-order valence-electron chi connectivity index (χ1n) is 8.72. The Morgan fingerprint density at radius 3 is 1.72 bits per heavy atom. The number of hydrogen-bond donors (Lipinski definition) is 0. The molecule has 0 radical (unpaired) electrons. The highest BCUT2D eigenvalue weighted by Gasteiger charge is 2.30. The summed E-state index contributed by atoms with van der Waals surface area (Å²) in [6, 6.07) is 27.3. The zero-order valence-corrected chi connectivity index (χ0v) is 16.1. The molecule has 0 unspecified atom stereocenters. The Bertz CT molecular complexity index is 874. The Morgan fingerprint density at radius 2 is 1.24 bits per heavy atom. The molecule has 29 heavy (non-hydrogen) atoms. The molecule has 0 N–H and O–H groups in total. The molecule has 3 aromatic carbocycles. The highest BCUT2D eigenvalue weighted by Crippen LogP contribution is 2.31. The number of carbonyl (C=O) groups is 1. The summed E-state index contributed by atoms with van der Waals surface area (Å²) in [5, 5.41) is 0. The van der Waals surface area contributed by atoms with E-state index >= 15 is 0 Å². The molecule has 0 fully saturated rings. The average Bonchev–Trinajstić information content (AvgIpc) is 2.73. The maximum Gasteiger partial charge on any atom is 0.422 e. The van der Waals surface area contributed by atoms with E-state index in [0.717, 1.165) is 14.7 Å². The number of alkyl halides is 3. The SMILES string of the molecule is O=C(COc1ccc([S+](c2ccccc2)c2ccccc2)cc1)OCC(F)(F)F. The lowest BCUT2D eigenvalue weighted by atomic mass is 10.3. The molecule has 0 heterocycles. The van der Waals surface area contributed by atoms with Gasteiger partial charge < -0.3 is 9.47 Å². The average molecular weight is 419 g/mol. The van der Waals surface area contributed by atoms with Gasteiger partial charge in [-0.3, -0.25) is 0 Å². The van der Waals surface area contributed by atoms with E-state index in [1.54, 1.807) is 12.1 Å². The van der Waals surface area contributed by atoms with Gasteiger partial charge in [0.1, 0.15) is 5.75 Å². The molecule has 0 spiro atoms. The zero-order valence-electron chi connectivity index (χ0n) is 15.3. The molecule has 7 heteroatoms. The van der Waals surface area contributed by atoms with Crippen LogP contribution in [0.3, 0.4) is 0 Å². The van der Waals surface area contributed by atoms with Crippen LogP contribution in [0.2, 0.25) is 0 Å². The minimum absolute atomic E-state index is 0.321. The van der Waals surface area contributed by atoms with Crippen LogP contribution >= 0.6 is 0 Å². The summed E-state index contributed by atoms with van der Waals surface area (Å²) >= 11 is 0. The number of hydrogen-bond acceptors (Lipinski definition) is 3. The fraction of sp³-hybridized carbons (Fsp3) is 0.136. The van der Waals surface area contributed by atoms with Crippen LogP contribution in [0, 0.1) is 0 Å². The van der Waals surface area contributed by atoms with Crippen molar-refractivity contribution in [3.05, 3.63) is 84.9 Å². The number of benzene rings is 3. The van der Waals surface area contributed by atoms with Crippen LogP contribution in [0.25, 0.3) is 0 Å². The van der Waals surface area contributed by atoms with E-state index in [4.69, 9.17) is 4.74 Å². The molecular formula is C22H18F3O3S+.